The average molecular weight is 242 g/mol. The van der Waals surface area contributed by atoms with Crippen LogP contribution < -0.4 is 5.73 Å². The van der Waals surface area contributed by atoms with Crippen molar-refractivity contribution in [3.8, 4) is 0 Å². The number of nitrogens with one attached hydrogen (secondary N) is 1. The van der Waals surface area contributed by atoms with Gasteiger partial charge in [-0.25, -0.2) is 0 Å². The first-order valence-electron chi connectivity index (χ1n) is 7.03. The van der Waals surface area contributed by atoms with E-state index >= 15 is 0 Å². The van der Waals surface area contributed by atoms with Gasteiger partial charge in [-0.2, -0.15) is 0 Å². The molecule has 1 heterocycles. The van der Waals surface area contributed by atoms with E-state index in [0.717, 1.165) is 6.54 Å². The first kappa shape index (κ1) is 11.8. The molecule has 1 aliphatic rings. The summed E-state index contributed by atoms with van der Waals surface area (Å²) < 4.78 is 0. The minimum atomic E-state index is 0.214. The summed E-state index contributed by atoms with van der Waals surface area (Å²) in [6.45, 7) is 2.91. The molecule has 18 heavy (non-hydrogen) atoms. The van der Waals surface area contributed by atoms with Crippen molar-refractivity contribution in [2.24, 2.45) is 5.73 Å². The van der Waals surface area contributed by atoms with Crippen LogP contribution in [-0.2, 0) is 5.41 Å². The van der Waals surface area contributed by atoms with E-state index in [4.69, 9.17) is 5.73 Å². The Hall–Kier alpha value is -1.28. The summed E-state index contributed by atoms with van der Waals surface area (Å²) in [5.74, 6) is 0. The zero-order valence-electron chi connectivity index (χ0n) is 11.1. The number of H-pyrrole nitrogens is 1. The van der Waals surface area contributed by atoms with Crippen LogP contribution in [0.5, 0.6) is 0 Å². The normalized spacial score (nSPS) is 19.2. The molecule has 0 unspecified atom stereocenters. The van der Waals surface area contributed by atoms with E-state index in [0.29, 0.717) is 0 Å². The fraction of sp³-hybridized carbons (Fsp3) is 0.500. The van der Waals surface area contributed by atoms with E-state index in [2.05, 4.69) is 36.3 Å². The molecule has 3 N–H and O–H groups in total. The predicted octanol–water partition coefficient (Wildman–Crippen LogP) is 3.64. The van der Waals surface area contributed by atoms with Crippen LogP contribution in [0.15, 0.2) is 24.4 Å². The van der Waals surface area contributed by atoms with Crippen molar-refractivity contribution in [1.82, 2.24) is 4.98 Å². The van der Waals surface area contributed by atoms with E-state index in [1.807, 2.05) is 0 Å². The zero-order valence-corrected chi connectivity index (χ0v) is 11.1. The van der Waals surface area contributed by atoms with E-state index in [1.165, 1.54) is 54.1 Å². The standard InChI is InChI=1S/C16H22N2/c1-12-5-6-13-14(10-18-15(13)9-12)16(11-17)7-3-2-4-8-16/h5-6,9-10,18H,2-4,7-8,11,17H2,1H3. The molecule has 0 amide bonds. The number of benzene rings is 1. The van der Waals surface area contributed by atoms with Crippen molar-refractivity contribution in [1.29, 1.82) is 0 Å². The fourth-order valence-corrected chi connectivity index (χ4v) is 3.49. The Morgan fingerprint density at radius 3 is 2.72 bits per heavy atom. The van der Waals surface area contributed by atoms with Gasteiger partial charge in [0.05, 0.1) is 0 Å². The molecule has 0 radical (unpaired) electrons. The molecule has 1 aromatic heterocycles. The van der Waals surface area contributed by atoms with Crippen molar-refractivity contribution in [2.75, 3.05) is 6.54 Å². The summed E-state index contributed by atoms with van der Waals surface area (Å²) in [6, 6.07) is 6.68. The van der Waals surface area contributed by atoms with Crippen LogP contribution in [0.4, 0.5) is 0 Å². The smallest absolute Gasteiger partial charge is 0.0459 e. The number of aromatic nitrogens is 1. The summed E-state index contributed by atoms with van der Waals surface area (Å²) >= 11 is 0. The quantitative estimate of drug-likeness (QED) is 0.829. The number of fused-ring (bicyclic) bond motifs is 1. The van der Waals surface area contributed by atoms with Crippen LogP contribution in [-0.4, -0.2) is 11.5 Å². The van der Waals surface area contributed by atoms with Crippen LogP contribution in [0.1, 0.15) is 43.2 Å². The lowest BCUT2D eigenvalue weighted by Crippen LogP contribution is -2.36. The molecule has 1 aromatic carbocycles. The molecule has 0 aliphatic heterocycles. The van der Waals surface area contributed by atoms with Crippen molar-refractivity contribution in [2.45, 2.75) is 44.4 Å². The molecule has 3 rings (SSSR count). The van der Waals surface area contributed by atoms with Crippen molar-refractivity contribution >= 4 is 10.9 Å². The number of nitrogens with two attached hydrogens (primary N) is 1. The maximum Gasteiger partial charge on any atom is 0.0459 e. The highest BCUT2D eigenvalue weighted by Gasteiger charge is 2.34. The lowest BCUT2D eigenvalue weighted by atomic mass is 9.69. The van der Waals surface area contributed by atoms with Gasteiger partial charge in [0.25, 0.3) is 0 Å². The van der Waals surface area contributed by atoms with Gasteiger partial charge in [-0.3, -0.25) is 0 Å². The second kappa shape index (κ2) is 4.43. The molecule has 2 nitrogen and oxygen atoms in total. The summed E-state index contributed by atoms with van der Waals surface area (Å²) in [7, 11) is 0. The highest BCUT2D eigenvalue weighted by atomic mass is 14.7. The molecule has 2 aromatic rings. The lowest BCUT2D eigenvalue weighted by molar-refractivity contribution is 0.303. The molecule has 0 saturated heterocycles. The van der Waals surface area contributed by atoms with Gasteiger partial charge >= 0.3 is 0 Å². The minimum Gasteiger partial charge on any atom is -0.361 e. The predicted molar refractivity (Wildman–Crippen MR) is 76.9 cm³/mol. The highest BCUT2D eigenvalue weighted by Crippen LogP contribution is 2.41. The number of rotatable bonds is 2. The van der Waals surface area contributed by atoms with Crippen LogP contribution in [0.3, 0.4) is 0 Å². The molecule has 1 saturated carbocycles. The molecular formula is C16H22N2. The van der Waals surface area contributed by atoms with Gasteiger partial charge in [0.15, 0.2) is 0 Å². The van der Waals surface area contributed by atoms with Gasteiger partial charge in [0.1, 0.15) is 0 Å². The Balaban J connectivity index is 2.12. The summed E-state index contributed by atoms with van der Waals surface area (Å²) in [5.41, 5.74) is 10.4. The van der Waals surface area contributed by atoms with Crippen LogP contribution in [0, 0.1) is 6.92 Å². The Bertz CT molecular complexity index is 547. The van der Waals surface area contributed by atoms with Gasteiger partial charge < -0.3 is 10.7 Å². The third-order valence-corrected chi connectivity index (χ3v) is 4.61. The average Bonchev–Trinajstić information content (AvgIpc) is 2.83. The second-order valence-electron chi connectivity index (χ2n) is 5.80. The van der Waals surface area contributed by atoms with Crippen LogP contribution >= 0.6 is 0 Å². The van der Waals surface area contributed by atoms with E-state index < -0.39 is 0 Å². The summed E-state index contributed by atoms with van der Waals surface area (Å²) in [6.07, 6.45) is 8.67. The lowest BCUT2D eigenvalue weighted by Gasteiger charge is -2.36. The highest BCUT2D eigenvalue weighted by molar-refractivity contribution is 5.85. The number of hydrogen-bond donors (Lipinski definition) is 2. The largest absolute Gasteiger partial charge is 0.361 e. The Morgan fingerprint density at radius 2 is 2.00 bits per heavy atom. The molecule has 1 fully saturated rings. The molecule has 0 bridgehead atoms. The SMILES string of the molecule is Cc1ccc2c(C3(CN)CCCCC3)c[nH]c2c1. The molecule has 1 aliphatic carbocycles. The van der Waals surface area contributed by atoms with Gasteiger partial charge in [-0.05, 0) is 37.0 Å². The maximum atomic E-state index is 6.14. The number of hydrogen-bond acceptors (Lipinski definition) is 1. The van der Waals surface area contributed by atoms with E-state index in [9.17, 15) is 0 Å². The van der Waals surface area contributed by atoms with E-state index in [1.54, 1.807) is 0 Å². The second-order valence-corrected chi connectivity index (χ2v) is 5.80. The number of aryl methyl sites for hydroxylation is 1. The zero-order chi connectivity index (χ0) is 12.6. The van der Waals surface area contributed by atoms with Crippen LogP contribution in [0.2, 0.25) is 0 Å². The topological polar surface area (TPSA) is 41.8 Å². The third kappa shape index (κ3) is 1.76. The first-order chi connectivity index (χ1) is 8.75. The molecular weight excluding hydrogens is 220 g/mol. The summed E-state index contributed by atoms with van der Waals surface area (Å²) in [4.78, 5) is 3.43. The third-order valence-electron chi connectivity index (χ3n) is 4.61. The van der Waals surface area contributed by atoms with Gasteiger partial charge in [0.2, 0.25) is 0 Å². The van der Waals surface area contributed by atoms with E-state index in [-0.39, 0.29) is 5.41 Å². The van der Waals surface area contributed by atoms with Gasteiger partial charge in [-0.1, -0.05) is 31.4 Å². The Morgan fingerprint density at radius 1 is 1.22 bits per heavy atom. The molecule has 2 heteroatoms. The molecule has 96 valence electrons. The van der Waals surface area contributed by atoms with Crippen LogP contribution in [0.25, 0.3) is 10.9 Å². The Kier molecular flexibility index (Phi) is 2.90. The first-order valence-corrected chi connectivity index (χ1v) is 7.03. The monoisotopic (exact) mass is 242 g/mol. The molecule has 0 spiro atoms. The van der Waals surface area contributed by atoms with Crippen molar-refractivity contribution < 1.29 is 0 Å². The number of aromatic amines is 1. The molecule has 0 atom stereocenters. The Labute approximate surface area is 109 Å². The maximum absolute atomic E-state index is 6.14. The van der Waals surface area contributed by atoms with Crippen molar-refractivity contribution in [3.63, 3.8) is 0 Å². The summed E-state index contributed by atoms with van der Waals surface area (Å²) in [5, 5.41) is 1.37. The van der Waals surface area contributed by atoms with Crippen molar-refractivity contribution in [3.05, 3.63) is 35.5 Å². The minimum absolute atomic E-state index is 0.214. The van der Waals surface area contributed by atoms with Gasteiger partial charge in [-0.15, -0.1) is 0 Å². The van der Waals surface area contributed by atoms with Gasteiger partial charge in [0, 0.05) is 29.1 Å². The fourth-order valence-electron chi connectivity index (χ4n) is 3.49.